The van der Waals surface area contributed by atoms with Crippen LogP contribution in [0.3, 0.4) is 0 Å². The van der Waals surface area contributed by atoms with Crippen LogP contribution in [0, 0.1) is 11.3 Å². The minimum Gasteiger partial charge on any atom is -0.397 e. The van der Waals surface area contributed by atoms with Crippen molar-refractivity contribution in [3.8, 4) is 6.07 Å². The molecule has 0 fully saturated rings. The molecule has 0 aromatic heterocycles. The minimum atomic E-state index is 0.0255. The first-order valence-electron chi connectivity index (χ1n) is 5.78. The highest BCUT2D eigenvalue weighted by Gasteiger charge is 2.03. The van der Waals surface area contributed by atoms with E-state index in [1.807, 2.05) is 0 Å². The quantitative estimate of drug-likeness (QED) is 0.649. The first-order valence-corrected chi connectivity index (χ1v) is 5.78. The molecule has 0 atom stereocenters. The lowest BCUT2D eigenvalue weighted by atomic mass is 10.1. The molecule has 2 aromatic rings. The van der Waals surface area contributed by atoms with Gasteiger partial charge < -0.3 is 11.1 Å². The SMILES string of the molecule is CC(=O)c1ccc(Nc2cc(C#N)ccc2N)cc1. The molecule has 4 heteroatoms. The molecule has 0 unspecified atom stereocenters. The Morgan fingerprint density at radius 2 is 1.89 bits per heavy atom. The fraction of sp³-hybridized carbons (Fsp3) is 0.0667. The molecule has 0 saturated heterocycles. The lowest BCUT2D eigenvalue weighted by molar-refractivity contribution is 0.101. The predicted molar refractivity (Wildman–Crippen MR) is 75.3 cm³/mol. The number of carbonyl (C=O) groups is 1. The maximum atomic E-state index is 11.2. The molecule has 0 amide bonds. The van der Waals surface area contributed by atoms with Crippen LogP contribution in [0.1, 0.15) is 22.8 Å². The third-order valence-electron chi connectivity index (χ3n) is 2.75. The Morgan fingerprint density at radius 1 is 1.21 bits per heavy atom. The number of ketones is 1. The molecule has 0 aliphatic carbocycles. The minimum absolute atomic E-state index is 0.0255. The molecule has 0 saturated carbocycles. The Morgan fingerprint density at radius 3 is 2.47 bits per heavy atom. The summed E-state index contributed by atoms with van der Waals surface area (Å²) in [6.45, 7) is 1.52. The van der Waals surface area contributed by atoms with E-state index in [1.165, 1.54) is 6.92 Å². The molecule has 4 nitrogen and oxygen atoms in total. The van der Waals surface area contributed by atoms with Gasteiger partial charge in [0.25, 0.3) is 0 Å². The number of hydrogen-bond donors (Lipinski definition) is 2. The van der Waals surface area contributed by atoms with E-state index in [0.717, 1.165) is 5.69 Å². The van der Waals surface area contributed by atoms with Crippen LogP contribution in [-0.2, 0) is 0 Å². The molecule has 0 radical (unpaired) electrons. The van der Waals surface area contributed by atoms with Gasteiger partial charge in [0.15, 0.2) is 5.78 Å². The number of nitrogens with two attached hydrogens (primary N) is 1. The summed E-state index contributed by atoms with van der Waals surface area (Å²) >= 11 is 0. The standard InChI is InChI=1S/C15H13N3O/c1-10(19)12-3-5-13(6-4-12)18-15-8-11(9-16)2-7-14(15)17/h2-8,18H,17H2,1H3. The van der Waals surface area contributed by atoms with E-state index < -0.39 is 0 Å². The predicted octanol–water partition coefficient (Wildman–Crippen LogP) is 3.09. The summed E-state index contributed by atoms with van der Waals surface area (Å²) in [5.74, 6) is 0.0255. The fourth-order valence-corrected chi connectivity index (χ4v) is 1.68. The number of benzene rings is 2. The van der Waals surface area contributed by atoms with E-state index >= 15 is 0 Å². The zero-order valence-corrected chi connectivity index (χ0v) is 10.5. The number of nitriles is 1. The highest BCUT2D eigenvalue weighted by molar-refractivity contribution is 5.94. The van der Waals surface area contributed by atoms with Crippen molar-refractivity contribution in [2.24, 2.45) is 0 Å². The number of nitrogens with one attached hydrogen (secondary N) is 1. The van der Waals surface area contributed by atoms with Crippen molar-refractivity contribution < 1.29 is 4.79 Å². The monoisotopic (exact) mass is 251 g/mol. The largest absolute Gasteiger partial charge is 0.397 e. The number of rotatable bonds is 3. The zero-order valence-electron chi connectivity index (χ0n) is 10.5. The summed E-state index contributed by atoms with van der Waals surface area (Å²) in [5.41, 5.74) is 9.09. The summed E-state index contributed by atoms with van der Waals surface area (Å²) in [5, 5.41) is 12.0. The number of Topliss-reactive ketones (excluding diaryl/α,β-unsaturated/α-hetero) is 1. The Balaban J connectivity index is 2.26. The second kappa shape index (κ2) is 5.23. The van der Waals surface area contributed by atoms with Gasteiger partial charge in [-0.2, -0.15) is 5.26 Å². The molecule has 0 aliphatic heterocycles. The van der Waals surface area contributed by atoms with Crippen molar-refractivity contribution in [2.75, 3.05) is 11.1 Å². The number of anilines is 3. The van der Waals surface area contributed by atoms with E-state index in [2.05, 4.69) is 11.4 Å². The zero-order chi connectivity index (χ0) is 13.8. The second-order valence-electron chi connectivity index (χ2n) is 4.17. The highest BCUT2D eigenvalue weighted by Crippen LogP contribution is 2.24. The van der Waals surface area contributed by atoms with Crippen molar-refractivity contribution in [1.29, 1.82) is 5.26 Å². The topological polar surface area (TPSA) is 78.9 Å². The molecule has 0 bridgehead atoms. The van der Waals surface area contributed by atoms with Crippen molar-refractivity contribution in [1.82, 2.24) is 0 Å². The van der Waals surface area contributed by atoms with Crippen LogP contribution in [0.25, 0.3) is 0 Å². The van der Waals surface area contributed by atoms with Gasteiger partial charge in [-0.25, -0.2) is 0 Å². The summed E-state index contributed by atoms with van der Waals surface area (Å²) in [6.07, 6.45) is 0. The molecule has 3 N–H and O–H groups in total. The van der Waals surface area contributed by atoms with Crippen LogP contribution in [-0.4, -0.2) is 5.78 Å². The van der Waals surface area contributed by atoms with E-state index in [1.54, 1.807) is 42.5 Å². The van der Waals surface area contributed by atoms with Crippen LogP contribution >= 0.6 is 0 Å². The highest BCUT2D eigenvalue weighted by atomic mass is 16.1. The first kappa shape index (κ1) is 12.7. The molecular weight excluding hydrogens is 238 g/mol. The van der Waals surface area contributed by atoms with Crippen molar-refractivity contribution in [3.05, 3.63) is 53.6 Å². The van der Waals surface area contributed by atoms with Crippen molar-refractivity contribution in [3.63, 3.8) is 0 Å². The van der Waals surface area contributed by atoms with Gasteiger partial charge in [-0.1, -0.05) is 0 Å². The Labute approximate surface area is 111 Å². The number of hydrogen-bond acceptors (Lipinski definition) is 4. The van der Waals surface area contributed by atoms with Gasteiger partial charge in [0, 0.05) is 11.3 Å². The number of nitrogen functional groups attached to an aromatic ring is 1. The van der Waals surface area contributed by atoms with Gasteiger partial charge in [-0.05, 0) is 49.4 Å². The van der Waals surface area contributed by atoms with Crippen LogP contribution in [0.2, 0.25) is 0 Å². The lowest BCUT2D eigenvalue weighted by Crippen LogP contribution is -1.98. The van der Waals surface area contributed by atoms with Gasteiger partial charge in [0.1, 0.15) is 0 Å². The van der Waals surface area contributed by atoms with E-state index in [9.17, 15) is 4.79 Å². The van der Waals surface area contributed by atoms with Gasteiger partial charge >= 0.3 is 0 Å². The molecule has 19 heavy (non-hydrogen) atoms. The van der Waals surface area contributed by atoms with E-state index in [-0.39, 0.29) is 5.78 Å². The third kappa shape index (κ3) is 2.90. The molecule has 0 aliphatic rings. The average molecular weight is 251 g/mol. The van der Waals surface area contributed by atoms with Gasteiger partial charge in [0.2, 0.25) is 0 Å². The number of nitrogens with zero attached hydrogens (tertiary/aromatic N) is 1. The van der Waals surface area contributed by atoms with Crippen molar-refractivity contribution >= 4 is 22.8 Å². The maximum Gasteiger partial charge on any atom is 0.159 e. The summed E-state index contributed by atoms with van der Waals surface area (Å²) in [6, 6.07) is 14.2. The summed E-state index contributed by atoms with van der Waals surface area (Å²) in [7, 11) is 0. The number of carbonyl (C=O) groups excluding carboxylic acids is 1. The molecule has 0 spiro atoms. The average Bonchev–Trinajstić information content (AvgIpc) is 2.42. The molecule has 2 aromatic carbocycles. The Hall–Kier alpha value is -2.80. The fourth-order valence-electron chi connectivity index (χ4n) is 1.68. The van der Waals surface area contributed by atoms with Gasteiger partial charge in [-0.3, -0.25) is 4.79 Å². The molecule has 94 valence electrons. The third-order valence-corrected chi connectivity index (χ3v) is 2.75. The van der Waals surface area contributed by atoms with E-state index in [0.29, 0.717) is 22.5 Å². The van der Waals surface area contributed by atoms with Crippen LogP contribution < -0.4 is 11.1 Å². The van der Waals surface area contributed by atoms with Crippen LogP contribution in [0.4, 0.5) is 17.1 Å². The smallest absolute Gasteiger partial charge is 0.159 e. The van der Waals surface area contributed by atoms with E-state index in [4.69, 9.17) is 11.0 Å². The molecule has 2 rings (SSSR count). The summed E-state index contributed by atoms with van der Waals surface area (Å²) < 4.78 is 0. The Bertz CT molecular complexity index is 654. The van der Waals surface area contributed by atoms with Crippen LogP contribution in [0.5, 0.6) is 0 Å². The first-order chi connectivity index (χ1) is 9.10. The normalized spacial score (nSPS) is 9.68. The molecule has 0 heterocycles. The maximum absolute atomic E-state index is 11.2. The Kier molecular flexibility index (Phi) is 3.48. The van der Waals surface area contributed by atoms with Gasteiger partial charge in [-0.15, -0.1) is 0 Å². The van der Waals surface area contributed by atoms with Crippen molar-refractivity contribution in [2.45, 2.75) is 6.92 Å². The molecular formula is C15H13N3O. The van der Waals surface area contributed by atoms with Crippen LogP contribution in [0.15, 0.2) is 42.5 Å². The second-order valence-corrected chi connectivity index (χ2v) is 4.17. The lowest BCUT2D eigenvalue weighted by Gasteiger charge is -2.10. The van der Waals surface area contributed by atoms with Gasteiger partial charge in [0.05, 0.1) is 23.0 Å². The summed E-state index contributed by atoms with van der Waals surface area (Å²) in [4.78, 5) is 11.2.